The summed E-state index contributed by atoms with van der Waals surface area (Å²) in [6.07, 6.45) is 6.50. The molecule has 2 fully saturated rings. The predicted molar refractivity (Wildman–Crippen MR) is 98.4 cm³/mol. The lowest BCUT2D eigenvalue weighted by Crippen LogP contribution is -2.32. The van der Waals surface area contributed by atoms with Crippen LogP contribution in [0, 0.1) is 5.92 Å². The van der Waals surface area contributed by atoms with Crippen molar-refractivity contribution in [2.75, 3.05) is 6.61 Å². The number of hydrogen-bond acceptors (Lipinski definition) is 5. The molecule has 6 heteroatoms. The molecular formula is C21H25N3O3. The van der Waals surface area contributed by atoms with Crippen molar-refractivity contribution < 1.29 is 14.1 Å². The molecule has 27 heavy (non-hydrogen) atoms. The molecule has 3 atom stereocenters. The molecule has 1 aromatic heterocycles. The fraction of sp³-hybridized carbons (Fsp3) is 0.571. The van der Waals surface area contributed by atoms with Gasteiger partial charge in [0, 0.05) is 22.8 Å². The van der Waals surface area contributed by atoms with Gasteiger partial charge < -0.3 is 14.6 Å². The first-order valence-electron chi connectivity index (χ1n) is 10.0. The number of rotatable bonds is 4. The molecular weight excluding hydrogens is 342 g/mol. The number of nitrogens with one attached hydrogen (secondary N) is 1. The highest BCUT2D eigenvalue weighted by atomic mass is 16.5. The predicted octanol–water partition coefficient (Wildman–Crippen LogP) is 3.64. The molecule has 1 aliphatic heterocycles. The quantitative estimate of drug-likeness (QED) is 0.893. The largest absolute Gasteiger partial charge is 0.493 e. The van der Waals surface area contributed by atoms with E-state index in [-0.39, 0.29) is 23.3 Å². The van der Waals surface area contributed by atoms with Gasteiger partial charge in [-0.05, 0) is 38.7 Å². The monoisotopic (exact) mass is 367 g/mol. The molecule has 0 radical (unpaired) electrons. The van der Waals surface area contributed by atoms with Crippen LogP contribution >= 0.6 is 0 Å². The van der Waals surface area contributed by atoms with Crippen LogP contribution in [0.5, 0.6) is 5.75 Å². The number of amides is 1. The summed E-state index contributed by atoms with van der Waals surface area (Å²) in [6.45, 7) is 2.58. The van der Waals surface area contributed by atoms with Crippen molar-refractivity contribution in [2.45, 2.75) is 62.8 Å². The zero-order valence-corrected chi connectivity index (χ0v) is 15.6. The van der Waals surface area contributed by atoms with Gasteiger partial charge in [0.15, 0.2) is 5.82 Å². The Hall–Kier alpha value is -2.37. The van der Waals surface area contributed by atoms with Crippen LogP contribution in [0.4, 0.5) is 0 Å². The van der Waals surface area contributed by atoms with Gasteiger partial charge in [-0.2, -0.15) is 4.98 Å². The van der Waals surface area contributed by atoms with Crippen LogP contribution in [-0.4, -0.2) is 22.7 Å². The van der Waals surface area contributed by atoms with Gasteiger partial charge in [0.25, 0.3) is 0 Å². The van der Waals surface area contributed by atoms with Crippen LogP contribution in [-0.2, 0) is 10.2 Å². The summed E-state index contributed by atoms with van der Waals surface area (Å²) in [7, 11) is 0. The number of nitrogens with zero attached hydrogens (tertiary/aromatic N) is 2. The number of carbonyl (C=O) groups is 1. The van der Waals surface area contributed by atoms with E-state index in [1.165, 1.54) is 18.4 Å². The number of carbonyl (C=O) groups excluding carboxylic acids is 1. The standard InChI is InChI=1S/C21H25N3O3/c1-13(20-23-18(24-27-20)14-6-2-3-7-14)22-19(25)16-12-21(16)10-11-26-17-9-5-4-8-15(17)21/h4-5,8-9,13-14,16H,2-3,6-7,10-12H2,1H3,(H,22,25)/t13-,16-,21-/m0/s1. The van der Waals surface area contributed by atoms with Crippen LogP contribution in [0.2, 0.25) is 0 Å². The van der Waals surface area contributed by atoms with E-state index in [4.69, 9.17) is 9.26 Å². The molecule has 6 nitrogen and oxygen atoms in total. The van der Waals surface area contributed by atoms with E-state index in [0.717, 1.165) is 37.3 Å². The van der Waals surface area contributed by atoms with E-state index in [9.17, 15) is 4.79 Å². The normalized spacial score (nSPS) is 27.8. The maximum atomic E-state index is 12.9. The number of fused-ring (bicyclic) bond motifs is 2. The summed E-state index contributed by atoms with van der Waals surface area (Å²) in [5.41, 5.74) is 1.10. The third-order valence-corrected chi connectivity index (χ3v) is 6.53. The fourth-order valence-electron chi connectivity index (χ4n) is 4.85. The molecule has 2 saturated carbocycles. The Kier molecular flexibility index (Phi) is 3.95. The van der Waals surface area contributed by atoms with Crippen molar-refractivity contribution in [3.63, 3.8) is 0 Å². The smallest absolute Gasteiger partial charge is 0.248 e. The van der Waals surface area contributed by atoms with Crippen molar-refractivity contribution in [2.24, 2.45) is 5.92 Å². The molecule has 3 aliphatic rings. The summed E-state index contributed by atoms with van der Waals surface area (Å²) in [4.78, 5) is 17.4. The lowest BCUT2D eigenvalue weighted by atomic mass is 9.87. The summed E-state index contributed by atoms with van der Waals surface area (Å²) < 4.78 is 11.2. The van der Waals surface area contributed by atoms with E-state index < -0.39 is 0 Å². The molecule has 2 aromatic rings. The van der Waals surface area contributed by atoms with Crippen molar-refractivity contribution in [1.29, 1.82) is 0 Å². The Morgan fingerprint density at radius 2 is 2.11 bits per heavy atom. The lowest BCUT2D eigenvalue weighted by Gasteiger charge is -2.26. The van der Waals surface area contributed by atoms with E-state index >= 15 is 0 Å². The number of para-hydroxylation sites is 1. The van der Waals surface area contributed by atoms with E-state index in [0.29, 0.717) is 18.4 Å². The fourth-order valence-corrected chi connectivity index (χ4v) is 4.85. The molecule has 0 unspecified atom stereocenters. The Balaban J connectivity index is 1.27. The topological polar surface area (TPSA) is 77.2 Å². The molecule has 2 heterocycles. The second-order valence-corrected chi connectivity index (χ2v) is 8.21. The average Bonchev–Trinajstić information content (AvgIpc) is 3.09. The Morgan fingerprint density at radius 3 is 2.96 bits per heavy atom. The highest BCUT2D eigenvalue weighted by molar-refractivity contribution is 5.85. The third-order valence-electron chi connectivity index (χ3n) is 6.53. The van der Waals surface area contributed by atoms with Crippen LogP contribution in [0.25, 0.3) is 0 Å². The summed E-state index contributed by atoms with van der Waals surface area (Å²) in [5, 5.41) is 7.23. The Labute approximate surface area is 158 Å². The van der Waals surface area contributed by atoms with Crippen LogP contribution < -0.4 is 10.1 Å². The zero-order valence-electron chi connectivity index (χ0n) is 15.6. The van der Waals surface area contributed by atoms with Crippen molar-refractivity contribution >= 4 is 5.91 Å². The molecule has 0 saturated heterocycles. The SMILES string of the molecule is C[C@H](NC(=O)[C@@H]1C[C@]12CCOc1ccccc12)c1nc(C2CCCC2)no1. The average molecular weight is 367 g/mol. The second-order valence-electron chi connectivity index (χ2n) is 8.21. The number of aromatic nitrogens is 2. The number of benzene rings is 1. The van der Waals surface area contributed by atoms with E-state index in [1.807, 2.05) is 25.1 Å². The first-order chi connectivity index (χ1) is 13.2. The first-order valence-corrected chi connectivity index (χ1v) is 10.0. The summed E-state index contributed by atoms with van der Waals surface area (Å²) in [5.74, 6) is 2.69. The first kappa shape index (κ1) is 16.8. The van der Waals surface area contributed by atoms with Crippen molar-refractivity contribution in [1.82, 2.24) is 15.5 Å². The zero-order chi connectivity index (χ0) is 18.4. The van der Waals surface area contributed by atoms with Crippen LogP contribution in [0.1, 0.15) is 74.7 Å². The van der Waals surface area contributed by atoms with Gasteiger partial charge >= 0.3 is 0 Å². The van der Waals surface area contributed by atoms with Gasteiger partial charge in [-0.25, -0.2) is 0 Å². The highest BCUT2D eigenvalue weighted by Gasteiger charge is 2.61. The van der Waals surface area contributed by atoms with Gasteiger partial charge in [-0.15, -0.1) is 0 Å². The molecule has 2 aliphatic carbocycles. The lowest BCUT2D eigenvalue weighted by molar-refractivity contribution is -0.123. The van der Waals surface area contributed by atoms with Crippen molar-refractivity contribution in [3.05, 3.63) is 41.5 Å². The molecule has 1 N–H and O–H groups in total. The van der Waals surface area contributed by atoms with Gasteiger partial charge in [0.1, 0.15) is 11.8 Å². The number of hydrogen-bond donors (Lipinski definition) is 1. The minimum atomic E-state index is -0.270. The van der Waals surface area contributed by atoms with Gasteiger partial charge in [0.05, 0.1) is 6.61 Å². The summed E-state index contributed by atoms with van der Waals surface area (Å²) >= 11 is 0. The van der Waals surface area contributed by atoms with Crippen LogP contribution in [0.3, 0.4) is 0 Å². The third kappa shape index (κ3) is 2.82. The molecule has 1 amide bonds. The van der Waals surface area contributed by atoms with Gasteiger partial charge in [-0.3, -0.25) is 4.79 Å². The van der Waals surface area contributed by atoms with Crippen molar-refractivity contribution in [3.8, 4) is 5.75 Å². The maximum Gasteiger partial charge on any atom is 0.248 e. The maximum absolute atomic E-state index is 12.9. The second kappa shape index (κ2) is 6.36. The molecule has 0 bridgehead atoms. The summed E-state index contributed by atoms with van der Waals surface area (Å²) in [6, 6.07) is 7.82. The van der Waals surface area contributed by atoms with E-state index in [2.05, 4.69) is 21.5 Å². The van der Waals surface area contributed by atoms with Crippen LogP contribution in [0.15, 0.2) is 28.8 Å². The molecule has 142 valence electrons. The van der Waals surface area contributed by atoms with Gasteiger partial charge in [0.2, 0.25) is 11.8 Å². The number of ether oxygens (including phenoxy) is 1. The molecule has 1 spiro atoms. The highest BCUT2D eigenvalue weighted by Crippen LogP contribution is 2.60. The van der Waals surface area contributed by atoms with Gasteiger partial charge in [-0.1, -0.05) is 36.2 Å². The molecule has 1 aromatic carbocycles. The minimum absolute atomic E-state index is 0.0118. The Bertz CT molecular complexity index is 858. The molecule has 5 rings (SSSR count). The Morgan fingerprint density at radius 1 is 1.30 bits per heavy atom. The minimum Gasteiger partial charge on any atom is -0.493 e. The van der Waals surface area contributed by atoms with E-state index in [1.54, 1.807) is 0 Å².